The Kier molecular flexibility index (Phi) is 4.01. The van der Waals surface area contributed by atoms with E-state index in [0.29, 0.717) is 5.75 Å². The van der Waals surface area contributed by atoms with E-state index in [1.54, 1.807) is 0 Å². The second-order valence-electron chi connectivity index (χ2n) is 6.11. The smallest absolute Gasteiger partial charge is 0.196 e. The van der Waals surface area contributed by atoms with E-state index >= 15 is 0 Å². The van der Waals surface area contributed by atoms with E-state index in [2.05, 4.69) is 41.4 Å². The molecule has 25 heavy (non-hydrogen) atoms. The van der Waals surface area contributed by atoms with Crippen molar-refractivity contribution in [1.29, 1.82) is 0 Å². The normalized spacial score (nSPS) is 11.3. The van der Waals surface area contributed by atoms with Crippen molar-refractivity contribution in [1.82, 2.24) is 14.6 Å². The van der Waals surface area contributed by atoms with Crippen LogP contribution in [-0.4, -0.2) is 26.1 Å². The van der Waals surface area contributed by atoms with Crippen LogP contribution in [0.15, 0.2) is 59.8 Å². The van der Waals surface area contributed by atoms with E-state index in [1.807, 2.05) is 41.7 Å². The van der Waals surface area contributed by atoms with Gasteiger partial charge in [-0.1, -0.05) is 53.7 Å². The molecule has 0 fully saturated rings. The minimum absolute atomic E-state index is 0.0927. The monoisotopic (exact) mass is 347 g/mol. The number of hydrogen-bond acceptors (Lipinski definition) is 4. The fraction of sp³-hybridized carbons (Fsp3) is 0.150. The lowest BCUT2D eigenvalue weighted by atomic mass is 10.1. The maximum Gasteiger partial charge on any atom is 0.196 e. The molecule has 2 aromatic heterocycles. The van der Waals surface area contributed by atoms with Gasteiger partial charge in [0.15, 0.2) is 16.6 Å². The van der Waals surface area contributed by atoms with Crippen LogP contribution >= 0.6 is 11.8 Å². The molecule has 124 valence electrons. The van der Waals surface area contributed by atoms with Gasteiger partial charge in [0.05, 0.1) is 11.3 Å². The highest BCUT2D eigenvalue weighted by Gasteiger charge is 2.14. The van der Waals surface area contributed by atoms with Crippen molar-refractivity contribution in [2.45, 2.75) is 19.0 Å². The van der Waals surface area contributed by atoms with Crippen LogP contribution in [0.3, 0.4) is 0 Å². The third-order valence-electron chi connectivity index (χ3n) is 4.21. The topological polar surface area (TPSA) is 47.3 Å². The maximum atomic E-state index is 12.4. The van der Waals surface area contributed by atoms with Crippen LogP contribution in [0, 0.1) is 13.8 Å². The Morgan fingerprint density at radius 1 is 1.04 bits per heavy atom. The zero-order chi connectivity index (χ0) is 17.4. The minimum Gasteiger partial charge on any atom is -0.293 e. The molecule has 0 bridgehead atoms. The third kappa shape index (κ3) is 2.91. The average Bonchev–Trinajstić information content (AvgIpc) is 3.05. The van der Waals surface area contributed by atoms with Gasteiger partial charge < -0.3 is 0 Å². The van der Waals surface area contributed by atoms with Crippen LogP contribution in [0.2, 0.25) is 0 Å². The van der Waals surface area contributed by atoms with Crippen molar-refractivity contribution < 1.29 is 4.79 Å². The highest BCUT2D eigenvalue weighted by molar-refractivity contribution is 7.99. The first-order valence-electron chi connectivity index (χ1n) is 8.09. The van der Waals surface area contributed by atoms with Gasteiger partial charge in [-0.15, -0.1) is 10.2 Å². The molecule has 4 rings (SSSR count). The molecule has 0 saturated carbocycles. The van der Waals surface area contributed by atoms with Gasteiger partial charge in [0, 0.05) is 5.56 Å². The number of thioether (sulfide) groups is 1. The Balaban J connectivity index is 1.73. The third-order valence-corrected chi connectivity index (χ3v) is 5.14. The lowest BCUT2D eigenvalue weighted by Gasteiger charge is -2.07. The van der Waals surface area contributed by atoms with Gasteiger partial charge in [-0.25, -0.2) is 0 Å². The number of carbonyl (C=O) groups is 1. The molecule has 0 unspecified atom stereocenters. The Morgan fingerprint density at radius 2 is 1.84 bits per heavy atom. The lowest BCUT2D eigenvalue weighted by Crippen LogP contribution is -2.03. The van der Waals surface area contributed by atoms with Gasteiger partial charge in [0.25, 0.3) is 0 Å². The quantitative estimate of drug-likeness (QED) is 0.403. The van der Waals surface area contributed by atoms with Gasteiger partial charge in [-0.05, 0) is 43.0 Å². The summed E-state index contributed by atoms with van der Waals surface area (Å²) in [6.45, 7) is 4.12. The molecule has 2 heterocycles. The number of ketones is 1. The predicted molar refractivity (Wildman–Crippen MR) is 101 cm³/mol. The summed E-state index contributed by atoms with van der Waals surface area (Å²) in [5.41, 5.74) is 4.91. The first kappa shape index (κ1) is 15.8. The molecule has 4 aromatic rings. The molecule has 0 spiro atoms. The minimum atomic E-state index is 0.0927. The average molecular weight is 347 g/mol. The van der Waals surface area contributed by atoms with Crippen molar-refractivity contribution >= 4 is 34.1 Å². The van der Waals surface area contributed by atoms with Gasteiger partial charge in [0.1, 0.15) is 0 Å². The summed E-state index contributed by atoms with van der Waals surface area (Å²) < 4.78 is 2.05. The summed E-state index contributed by atoms with van der Waals surface area (Å²) in [7, 11) is 0. The van der Waals surface area contributed by atoms with E-state index in [-0.39, 0.29) is 5.78 Å². The number of benzene rings is 2. The molecule has 5 heteroatoms. The van der Waals surface area contributed by atoms with Gasteiger partial charge in [-0.2, -0.15) is 0 Å². The van der Waals surface area contributed by atoms with Crippen molar-refractivity contribution in [2.75, 3.05) is 5.75 Å². The van der Waals surface area contributed by atoms with Gasteiger partial charge in [0.2, 0.25) is 0 Å². The van der Waals surface area contributed by atoms with Crippen molar-refractivity contribution in [3.05, 3.63) is 71.3 Å². The van der Waals surface area contributed by atoms with E-state index in [9.17, 15) is 4.79 Å². The molecule has 0 aliphatic heterocycles. The largest absolute Gasteiger partial charge is 0.293 e. The Hall–Kier alpha value is -2.66. The summed E-state index contributed by atoms with van der Waals surface area (Å²) in [6, 6.07) is 17.8. The molecule has 0 saturated heterocycles. The highest BCUT2D eigenvalue weighted by Crippen LogP contribution is 2.26. The molecule has 4 nitrogen and oxygen atoms in total. The second-order valence-corrected chi connectivity index (χ2v) is 7.05. The number of aryl methyl sites for hydroxylation is 2. The fourth-order valence-corrected chi connectivity index (χ4v) is 3.80. The Bertz CT molecular complexity index is 1090. The number of rotatable bonds is 4. The molecular formula is C20H17N3OS. The zero-order valence-corrected chi connectivity index (χ0v) is 14.9. The molecule has 0 amide bonds. The van der Waals surface area contributed by atoms with Gasteiger partial charge in [-0.3, -0.25) is 9.20 Å². The van der Waals surface area contributed by atoms with Gasteiger partial charge >= 0.3 is 0 Å². The van der Waals surface area contributed by atoms with E-state index in [4.69, 9.17) is 0 Å². The van der Waals surface area contributed by atoms with Crippen LogP contribution in [0.5, 0.6) is 0 Å². The first-order chi connectivity index (χ1) is 12.1. The number of aromatic nitrogens is 3. The Morgan fingerprint density at radius 3 is 2.64 bits per heavy atom. The lowest BCUT2D eigenvalue weighted by molar-refractivity contribution is 0.102. The summed E-state index contributed by atoms with van der Waals surface area (Å²) in [5.74, 6) is 0.432. The fourth-order valence-electron chi connectivity index (χ4n) is 2.96. The predicted octanol–water partition coefficient (Wildman–Crippen LogP) is 4.47. The number of Topliss-reactive ketones (excluding diaryl/α,β-unsaturated/α-hetero) is 1. The Labute approximate surface area is 149 Å². The summed E-state index contributed by atoms with van der Waals surface area (Å²) in [4.78, 5) is 12.4. The van der Waals surface area contributed by atoms with E-state index < -0.39 is 0 Å². The molecule has 0 radical (unpaired) electrons. The zero-order valence-electron chi connectivity index (χ0n) is 14.1. The number of pyridine rings is 1. The van der Waals surface area contributed by atoms with Crippen LogP contribution in [0.4, 0.5) is 0 Å². The SMILES string of the molecule is Cc1ccc2c(c1)cc(C)c1nnc(SCC(=O)c3ccccc3)n12. The maximum absolute atomic E-state index is 12.4. The number of hydrogen-bond donors (Lipinski definition) is 0. The van der Waals surface area contributed by atoms with Crippen LogP contribution in [0.1, 0.15) is 21.5 Å². The second kappa shape index (κ2) is 6.33. The summed E-state index contributed by atoms with van der Waals surface area (Å²) in [6.07, 6.45) is 0. The molecule has 0 atom stereocenters. The number of nitrogens with zero attached hydrogens (tertiary/aromatic N) is 3. The number of carbonyl (C=O) groups excluding carboxylic acids is 1. The van der Waals surface area contributed by atoms with Crippen molar-refractivity contribution in [3.8, 4) is 0 Å². The summed E-state index contributed by atoms with van der Waals surface area (Å²) >= 11 is 1.43. The van der Waals surface area contributed by atoms with E-state index in [1.165, 1.54) is 17.3 Å². The molecule has 0 aliphatic rings. The summed E-state index contributed by atoms with van der Waals surface area (Å²) in [5, 5.41) is 10.5. The molecule has 2 aromatic carbocycles. The number of fused-ring (bicyclic) bond motifs is 3. The molecule has 0 N–H and O–H groups in total. The van der Waals surface area contributed by atoms with Crippen LogP contribution in [-0.2, 0) is 0 Å². The molecular weight excluding hydrogens is 330 g/mol. The first-order valence-corrected chi connectivity index (χ1v) is 9.08. The standard InChI is InChI=1S/C20H17N3OS/c1-13-8-9-17-16(10-13)11-14(2)19-21-22-20(23(17)19)25-12-18(24)15-6-4-3-5-7-15/h3-11H,12H2,1-2H3. The van der Waals surface area contributed by atoms with Crippen molar-refractivity contribution in [3.63, 3.8) is 0 Å². The van der Waals surface area contributed by atoms with Crippen LogP contribution in [0.25, 0.3) is 16.6 Å². The molecule has 0 aliphatic carbocycles. The highest BCUT2D eigenvalue weighted by atomic mass is 32.2. The van der Waals surface area contributed by atoms with Crippen LogP contribution < -0.4 is 0 Å². The van der Waals surface area contributed by atoms with Crippen molar-refractivity contribution in [2.24, 2.45) is 0 Å². The van der Waals surface area contributed by atoms with E-state index in [0.717, 1.165) is 32.8 Å².